The van der Waals surface area contributed by atoms with Crippen molar-refractivity contribution >= 4 is 35.2 Å². The summed E-state index contributed by atoms with van der Waals surface area (Å²) in [5.74, 6) is -3.84. The van der Waals surface area contributed by atoms with Gasteiger partial charge in [-0.15, -0.1) is 0 Å². The number of esters is 2. The summed E-state index contributed by atoms with van der Waals surface area (Å²) in [5, 5.41) is 0. The lowest BCUT2D eigenvalue weighted by Gasteiger charge is -2.45. The number of Topliss-reactive ketones (excluding diaryl/α,β-unsaturated/α-hetero) is 1. The van der Waals surface area contributed by atoms with E-state index in [2.05, 4.69) is 0 Å². The van der Waals surface area contributed by atoms with Crippen LogP contribution < -0.4 is 9.64 Å². The first-order valence-corrected chi connectivity index (χ1v) is 15.1. The first kappa shape index (κ1) is 28.4. The zero-order chi connectivity index (χ0) is 32.2. The monoisotopic (exact) mass is 623 g/mol. The van der Waals surface area contributed by atoms with E-state index in [4.69, 9.17) is 13.9 Å². The Hall–Kier alpha value is -6.09. The Kier molecular flexibility index (Phi) is 6.68. The Balaban J connectivity index is 0.976. The lowest BCUT2D eigenvalue weighted by atomic mass is 9.55. The fourth-order valence-electron chi connectivity index (χ4n) is 7.26. The summed E-state index contributed by atoms with van der Waals surface area (Å²) < 4.78 is 15.5. The predicted octanol–water partition coefficient (Wildman–Crippen LogP) is 5.94. The number of amides is 2. The molecule has 0 spiro atoms. The van der Waals surface area contributed by atoms with Crippen molar-refractivity contribution < 1.29 is 37.9 Å². The van der Waals surface area contributed by atoms with Crippen LogP contribution in [-0.2, 0) is 14.3 Å². The number of imide groups is 1. The van der Waals surface area contributed by atoms with Crippen LogP contribution in [0.3, 0.4) is 0 Å². The summed E-state index contributed by atoms with van der Waals surface area (Å²) in [6.07, 6.45) is 1.36. The Labute approximate surface area is 268 Å². The average Bonchev–Trinajstić information content (AvgIpc) is 3.74. The van der Waals surface area contributed by atoms with Crippen molar-refractivity contribution in [3.63, 3.8) is 0 Å². The van der Waals surface area contributed by atoms with Crippen molar-refractivity contribution in [2.75, 3.05) is 11.5 Å². The fraction of sp³-hybridized carbons (Fsp3) is 0.132. The minimum atomic E-state index is -0.777. The first-order chi connectivity index (χ1) is 22.9. The molecule has 2 bridgehead atoms. The molecule has 9 nitrogen and oxygen atoms in total. The van der Waals surface area contributed by atoms with Gasteiger partial charge in [-0.2, -0.15) is 0 Å². The first-order valence-electron chi connectivity index (χ1n) is 15.1. The van der Waals surface area contributed by atoms with Crippen LogP contribution in [0.1, 0.15) is 65.4 Å². The van der Waals surface area contributed by atoms with E-state index in [0.29, 0.717) is 0 Å². The van der Waals surface area contributed by atoms with Gasteiger partial charge in [0, 0.05) is 17.4 Å². The van der Waals surface area contributed by atoms with Gasteiger partial charge in [-0.25, -0.2) is 14.5 Å². The van der Waals surface area contributed by atoms with Gasteiger partial charge < -0.3 is 13.9 Å². The minimum Gasteiger partial charge on any atom is -0.457 e. The quantitative estimate of drug-likeness (QED) is 0.0947. The molecule has 0 saturated carbocycles. The van der Waals surface area contributed by atoms with Crippen molar-refractivity contribution in [1.82, 2.24) is 0 Å². The Morgan fingerprint density at radius 3 is 1.79 bits per heavy atom. The highest BCUT2D eigenvalue weighted by Gasteiger charge is 2.61. The summed E-state index contributed by atoms with van der Waals surface area (Å²) in [7, 11) is 0. The van der Waals surface area contributed by atoms with E-state index in [1.54, 1.807) is 18.2 Å². The van der Waals surface area contributed by atoms with E-state index in [-0.39, 0.29) is 52.0 Å². The van der Waals surface area contributed by atoms with Crippen molar-refractivity contribution in [2.24, 2.45) is 11.8 Å². The molecule has 3 aliphatic carbocycles. The molecule has 1 fully saturated rings. The zero-order valence-electron chi connectivity index (χ0n) is 24.7. The molecule has 4 aliphatic rings. The number of hydrogen-bond donors (Lipinski definition) is 0. The van der Waals surface area contributed by atoms with E-state index < -0.39 is 36.2 Å². The number of hydrogen-bond acceptors (Lipinski definition) is 8. The number of nitrogens with zero attached hydrogens (tertiary/aromatic N) is 1. The predicted molar refractivity (Wildman–Crippen MR) is 167 cm³/mol. The van der Waals surface area contributed by atoms with E-state index in [1.165, 1.54) is 53.6 Å². The smallest absolute Gasteiger partial charge is 0.379 e. The maximum atomic E-state index is 14.1. The van der Waals surface area contributed by atoms with Crippen molar-refractivity contribution in [2.45, 2.75) is 11.8 Å². The molecule has 230 valence electrons. The van der Waals surface area contributed by atoms with Crippen molar-refractivity contribution in [3.8, 4) is 5.75 Å². The molecule has 1 aliphatic heterocycles. The highest BCUT2D eigenvalue weighted by atomic mass is 16.5. The van der Waals surface area contributed by atoms with E-state index in [0.717, 1.165) is 22.3 Å². The molecule has 9 heteroatoms. The maximum Gasteiger partial charge on any atom is 0.379 e. The van der Waals surface area contributed by atoms with Gasteiger partial charge in [0.25, 0.3) is 0 Å². The highest BCUT2D eigenvalue weighted by molar-refractivity contribution is 6.23. The molecule has 2 amide bonds. The van der Waals surface area contributed by atoms with Crippen LogP contribution in [0.15, 0.2) is 120 Å². The van der Waals surface area contributed by atoms with Crippen LogP contribution in [0.4, 0.5) is 5.69 Å². The van der Waals surface area contributed by atoms with E-state index in [9.17, 15) is 24.0 Å². The highest BCUT2D eigenvalue weighted by Crippen LogP contribution is 2.61. The number of carbonyl (C=O) groups excluding carboxylic acids is 5. The van der Waals surface area contributed by atoms with Crippen molar-refractivity contribution in [3.05, 3.63) is 155 Å². The van der Waals surface area contributed by atoms with Gasteiger partial charge in [-0.05, 0) is 76.9 Å². The molecule has 0 radical (unpaired) electrons. The van der Waals surface area contributed by atoms with E-state index >= 15 is 0 Å². The number of furan rings is 1. The number of benzene rings is 4. The molecule has 2 unspecified atom stereocenters. The van der Waals surface area contributed by atoms with Gasteiger partial charge in [-0.3, -0.25) is 14.4 Å². The van der Waals surface area contributed by atoms with Gasteiger partial charge >= 0.3 is 11.9 Å². The lowest BCUT2D eigenvalue weighted by molar-refractivity contribution is -0.122. The SMILES string of the molecule is O=C(COC(=O)c1cccc(N2C(=O)C3C4c5ccccc5C(c5ccccc54)C3C2=O)c1)c1ccc(OC(=O)c2ccco2)cc1. The molecule has 2 atom stereocenters. The van der Waals surface area contributed by atoms with Crippen LogP contribution in [-0.4, -0.2) is 36.1 Å². The summed E-state index contributed by atoms with van der Waals surface area (Å²) in [6.45, 7) is -0.541. The van der Waals surface area contributed by atoms with Gasteiger partial charge in [0.05, 0.1) is 29.3 Å². The number of anilines is 1. The number of rotatable bonds is 7. The minimum absolute atomic E-state index is 0.0428. The largest absolute Gasteiger partial charge is 0.457 e. The molecule has 1 aromatic heterocycles. The Morgan fingerprint density at radius 1 is 0.638 bits per heavy atom. The third-order valence-corrected chi connectivity index (χ3v) is 9.23. The second kappa shape index (κ2) is 11.1. The number of ether oxygens (including phenoxy) is 2. The summed E-state index contributed by atoms with van der Waals surface area (Å²) in [6, 6.07) is 31.0. The number of carbonyl (C=O) groups is 5. The van der Waals surface area contributed by atoms with Crippen LogP contribution in [0.25, 0.3) is 0 Å². The lowest BCUT2D eigenvalue weighted by Crippen LogP contribution is -2.41. The molecule has 4 aromatic carbocycles. The topological polar surface area (TPSA) is 120 Å². The molecule has 1 saturated heterocycles. The van der Waals surface area contributed by atoms with Crippen molar-refractivity contribution in [1.29, 1.82) is 0 Å². The van der Waals surface area contributed by atoms with Gasteiger partial charge in [-0.1, -0.05) is 54.6 Å². The van der Waals surface area contributed by atoms with E-state index in [1.807, 2.05) is 48.5 Å². The maximum absolute atomic E-state index is 14.1. The summed E-state index contributed by atoms with van der Waals surface area (Å²) in [5.41, 5.74) is 4.93. The second-order valence-electron chi connectivity index (χ2n) is 11.7. The zero-order valence-corrected chi connectivity index (χ0v) is 24.7. The molecule has 9 rings (SSSR count). The molecular weight excluding hydrogens is 598 g/mol. The third-order valence-electron chi connectivity index (χ3n) is 9.23. The molecule has 0 N–H and O–H groups in total. The Morgan fingerprint density at radius 2 is 1.23 bits per heavy atom. The second-order valence-corrected chi connectivity index (χ2v) is 11.7. The summed E-state index contributed by atoms with van der Waals surface area (Å²) in [4.78, 5) is 67.2. The van der Waals surface area contributed by atoms with Gasteiger partial charge in [0.15, 0.2) is 12.4 Å². The molecule has 47 heavy (non-hydrogen) atoms. The molecule has 2 heterocycles. The third kappa shape index (κ3) is 4.58. The van der Waals surface area contributed by atoms with Crippen LogP contribution in [0.5, 0.6) is 5.75 Å². The normalized spacial score (nSPS) is 20.3. The fourth-order valence-corrected chi connectivity index (χ4v) is 7.26. The van der Waals surface area contributed by atoms with Gasteiger partial charge in [0.1, 0.15) is 5.75 Å². The Bertz CT molecular complexity index is 1980. The molecular formula is C38H25NO8. The number of ketones is 1. The van der Waals surface area contributed by atoms with Crippen LogP contribution >= 0.6 is 0 Å². The average molecular weight is 624 g/mol. The summed E-state index contributed by atoms with van der Waals surface area (Å²) >= 11 is 0. The standard InChI is InChI=1S/C38H25NO8/c40-29(21-14-16-24(17-15-21)47-38(44)30-13-6-18-45-30)20-46-37(43)22-7-5-8-23(19-22)39-35(41)33-31-25-9-1-2-10-26(25)32(34(33)36(39)42)28-12-4-3-11-27(28)31/h1-19,31-34H,20H2. The van der Waals surface area contributed by atoms with Crippen LogP contribution in [0.2, 0.25) is 0 Å². The molecule has 5 aromatic rings. The van der Waals surface area contributed by atoms with Crippen LogP contribution in [0, 0.1) is 11.8 Å². The van der Waals surface area contributed by atoms with Gasteiger partial charge in [0.2, 0.25) is 17.6 Å².